The van der Waals surface area contributed by atoms with Crippen LogP contribution in [0.2, 0.25) is 0 Å². The molecule has 0 saturated carbocycles. The van der Waals surface area contributed by atoms with E-state index in [1.807, 2.05) is 65.8 Å². The van der Waals surface area contributed by atoms with Crippen LogP contribution in [0.25, 0.3) is 6.08 Å². The van der Waals surface area contributed by atoms with Crippen LogP contribution in [0.1, 0.15) is 89.7 Å². The monoisotopic (exact) mass is 550 g/mol. The van der Waals surface area contributed by atoms with Gasteiger partial charge in [0, 0.05) is 17.1 Å². The lowest BCUT2D eigenvalue weighted by Crippen LogP contribution is -2.47. The maximum atomic E-state index is 13.9. The van der Waals surface area contributed by atoms with Crippen molar-refractivity contribution >= 4 is 17.6 Å². The number of phenols is 1. The molecule has 216 valence electrons. The summed E-state index contributed by atoms with van der Waals surface area (Å²) in [5.74, 6) is 0.111. The maximum Gasteiger partial charge on any atom is 0.199 e. The van der Waals surface area contributed by atoms with E-state index in [1.54, 1.807) is 6.92 Å². The van der Waals surface area contributed by atoms with Crippen molar-refractivity contribution in [1.29, 1.82) is 0 Å². The summed E-state index contributed by atoms with van der Waals surface area (Å²) in [5, 5.41) is 20.7. The highest BCUT2D eigenvalue weighted by Gasteiger charge is 2.50. The molecule has 1 aromatic carbocycles. The van der Waals surface area contributed by atoms with E-state index in [4.69, 9.17) is 14.2 Å². The van der Waals surface area contributed by atoms with E-state index >= 15 is 0 Å². The first-order valence-corrected chi connectivity index (χ1v) is 14.0. The van der Waals surface area contributed by atoms with Crippen molar-refractivity contribution in [2.45, 2.75) is 98.1 Å². The number of allylic oxidation sites excluding steroid dienone is 3. The smallest absolute Gasteiger partial charge is 0.199 e. The largest absolute Gasteiger partial charge is 0.506 e. The molecule has 7 heteroatoms. The van der Waals surface area contributed by atoms with Crippen molar-refractivity contribution in [3.8, 4) is 17.2 Å². The second-order valence-corrected chi connectivity index (χ2v) is 12.4. The fourth-order valence-electron chi connectivity index (χ4n) is 5.57. The third-order valence-corrected chi connectivity index (χ3v) is 7.96. The number of ether oxygens (including phenoxy) is 3. The molecule has 1 aromatic rings. The molecule has 1 unspecified atom stereocenters. The van der Waals surface area contributed by atoms with Crippen LogP contribution in [-0.4, -0.2) is 51.8 Å². The Bertz CT molecular complexity index is 1330. The number of hydrogen-bond acceptors (Lipinski definition) is 7. The lowest BCUT2D eigenvalue weighted by atomic mass is 9.81. The van der Waals surface area contributed by atoms with Gasteiger partial charge < -0.3 is 24.4 Å². The highest BCUT2D eigenvalue weighted by molar-refractivity contribution is 6.15. The molecule has 4 rings (SSSR count). The molecule has 0 spiro atoms. The third kappa shape index (κ3) is 5.68. The molecule has 3 atom stereocenters. The van der Waals surface area contributed by atoms with E-state index in [-0.39, 0.29) is 35.4 Å². The van der Waals surface area contributed by atoms with Gasteiger partial charge in [-0.1, -0.05) is 29.4 Å². The first kappa shape index (κ1) is 29.8. The number of rotatable bonds is 9. The summed E-state index contributed by atoms with van der Waals surface area (Å²) in [7, 11) is 0. The van der Waals surface area contributed by atoms with Gasteiger partial charge in [0.05, 0.1) is 17.8 Å². The quantitative estimate of drug-likeness (QED) is 0.361. The minimum atomic E-state index is -0.824. The zero-order valence-corrected chi connectivity index (χ0v) is 24.9. The Hall–Kier alpha value is -3.16. The average Bonchev–Trinajstić information content (AvgIpc) is 3.30. The van der Waals surface area contributed by atoms with Crippen molar-refractivity contribution in [1.82, 2.24) is 0 Å². The second-order valence-electron chi connectivity index (χ2n) is 12.4. The number of ketones is 2. The number of aromatic hydroxyl groups is 1. The minimum Gasteiger partial charge on any atom is -0.506 e. The zero-order chi connectivity index (χ0) is 29.6. The van der Waals surface area contributed by atoms with E-state index < -0.39 is 23.4 Å². The van der Waals surface area contributed by atoms with E-state index in [0.717, 1.165) is 16.7 Å². The fraction of sp³-hybridized carbons (Fsp3) is 0.515. The third-order valence-electron chi connectivity index (χ3n) is 7.96. The molecule has 3 aliphatic rings. The standard InChI is InChI=1S/C33H42O7/c1-18(2)9-11-23-29-22(15-16-32(5,6)40-29)28(37)26-27(36)21-12-13-24(30(21)38-31(23)26)33(7,8)39-25(20(4)35)14-10-19(3)17-34/h9-10,12,15-16,24-25,30,34,37H,11,13-14,17H2,1-8H3/b19-10+/t24?,25-,30+/m0/s1. The predicted molar refractivity (Wildman–Crippen MR) is 155 cm³/mol. The zero-order valence-electron chi connectivity index (χ0n) is 24.9. The van der Waals surface area contributed by atoms with Crippen molar-refractivity contribution < 1.29 is 34.0 Å². The fourth-order valence-corrected chi connectivity index (χ4v) is 5.57. The number of aliphatic hydroxyl groups is 1. The summed E-state index contributed by atoms with van der Waals surface area (Å²) in [6.07, 6.45) is 9.47. The average molecular weight is 551 g/mol. The van der Waals surface area contributed by atoms with Gasteiger partial charge in [-0.15, -0.1) is 0 Å². The van der Waals surface area contributed by atoms with Crippen LogP contribution in [0.5, 0.6) is 17.2 Å². The van der Waals surface area contributed by atoms with Crippen LogP contribution >= 0.6 is 0 Å². The first-order chi connectivity index (χ1) is 18.7. The molecule has 0 fully saturated rings. The van der Waals surface area contributed by atoms with E-state index in [9.17, 15) is 19.8 Å². The molecule has 1 aliphatic carbocycles. The van der Waals surface area contributed by atoms with E-state index in [1.165, 1.54) is 6.92 Å². The van der Waals surface area contributed by atoms with Crippen LogP contribution < -0.4 is 9.47 Å². The molecule has 2 aliphatic heterocycles. The molecule has 0 aromatic heterocycles. The van der Waals surface area contributed by atoms with E-state index in [0.29, 0.717) is 41.9 Å². The van der Waals surface area contributed by atoms with Crippen LogP contribution in [0.4, 0.5) is 0 Å². The van der Waals surface area contributed by atoms with Gasteiger partial charge in [0.25, 0.3) is 0 Å². The molecule has 2 N–H and O–H groups in total. The molecule has 0 saturated heterocycles. The van der Waals surface area contributed by atoms with Gasteiger partial charge in [0.1, 0.15) is 40.6 Å². The van der Waals surface area contributed by atoms with Gasteiger partial charge in [0.2, 0.25) is 0 Å². The summed E-state index contributed by atoms with van der Waals surface area (Å²) in [6.45, 7) is 14.9. The number of carbonyl (C=O) groups is 2. The molecule has 7 nitrogen and oxygen atoms in total. The van der Waals surface area contributed by atoms with Crippen molar-refractivity contribution in [2.75, 3.05) is 6.61 Å². The molecule has 0 radical (unpaired) electrons. The Morgan fingerprint density at radius 3 is 2.52 bits per heavy atom. The van der Waals surface area contributed by atoms with Gasteiger partial charge in [-0.25, -0.2) is 0 Å². The number of phenolic OH excluding ortho intramolecular Hbond substituents is 1. The van der Waals surface area contributed by atoms with Crippen molar-refractivity contribution in [2.24, 2.45) is 5.92 Å². The van der Waals surface area contributed by atoms with Gasteiger partial charge in [-0.05, 0) is 86.8 Å². The highest BCUT2D eigenvalue weighted by atomic mass is 16.5. The number of aliphatic hydroxyl groups excluding tert-OH is 1. The molecule has 0 amide bonds. The minimum absolute atomic E-state index is 0.0797. The molecule has 0 bridgehead atoms. The number of benzene rings is 1. The normalized spacial score (nSPS) is 21.9. The van der Waals surface area contributed by atoms with Crippen LogP contribution in [-0.2, 0) is 16.0 Å². The summed E-state index contributed by atoms with van der Waals surface area (Å²) in [6, 6.07) is 0. The van der Waals surface area contributed by atoms with Crippen molar-refractivity contribution in [3.63, 3.8) is 0 Å². The van der Waals surface area contributed by atoms with Crippen LogP contribution in [0.15, 0.2) is 41.0 Å². The molecule has 40 heavy (non-hydrogen) atoms. The summed E-state index contributed by atoms with van der Waals surface area (Å²) in [4.78, 5) is 26.4. The predicted octanol–water partition coefficient (Wildman–Crippen LogP) is 6.06. The SMILES string of the molecule is CC(=O)[C@H](C/C=C(\C)CO)OC(C)(C)C1CC=C2C(=O)c3c(O)c4c(c(CC=C(C)C)c3O[C@H]21)OC(C)(C)C=C4. The van der Waals surface area contributed by atoms with Gasteiger partial charge in [-0.2, -0.15) is 0 Å². The topological polar surface area (TPSA) is 102 Å². The number of hydrogen-bond donors (Lipinski definition) is 2. The second kappa shape index (κ2) is 11.0. The molecular weight excluding hydrogens is 508 g/mol. The number of carbonyl (C=O) groups excluding carboxylic acids is 2. The highest BCUT2D eigenvalue weighted by Crippen LogP contribution is 2.53. The van der Waals surface area contributed by atoms with Crippen LogP contribution in [0.3, 0.4) is 0 Å². The lowest BCUT2D eigenvalue weighted by molar-refractivity contribution is -0.150. The maximum absolute atomic E-state index is 13.9. The van der Waals surface area contributed by atoms with Crippen molar-refractivity contribution in [3.05, 3.63) is 57.7 Å². The Kier molecular flexibility index (Phi) is 8.21. The van der Waals surface area contributed by atoms with E-state index in [2.05, 4.69) is 6.08 Å². The van der Waals surface area contributed by atoms with Gasteiger partial charge >= 0.3 is 0 Å². The number of Topliss-reactive ketones (excluding diaryl/α,β-unsaturated/α-hetero) is 2. The summed E-state index contributed by atoms with van der Waals surface area (Å²) >= 11 is 0. The van der Waals surface area contributed by atoms with Gasteiger partial charge in [0.15, 0.2) is 11.6 Å². The van der Waals surface area contributed by atoms with Crippen LogP contribution in [0, 0.1) is 5.92 Å². The lowest BCUT2D eigenvalue weighted by Gasteiger charge is -2.41. The Morgan fingerprint density at radius 2 is 1.90 bits per heavy atom. The molecule has 2 heterocycles. The van der Waals surface area contributed by atoms with Gasteiger partial charge in [-0.3, -0.25) is 9.59 Å². The summed E-state index contributed by atoms with van der Waals surface area (Å²) in [5.41, 5.74) is 2.33. The number of fused-ring (bicyclic) bond motifs is 3. The molecular formula is C33H42O7. The Labute approximate surface area is 237 Å². The Morgan fingerprint density at radius 1 is 1.20 bits per heavy atom. The summed E-state index contributed by atoms with van der Waals surface area (Å²) < 4.78 is 19.4. The Balaban J connectivity index is 1.75. The first-order valence-electron chi connectivity index (χ1n) is 14.0.